The molecule has 0 spiro atoms. The van der Waals surface area contributed by atoms with Crippen LogP contribution in [0.25, 0.3) is 0 Å². The van der Waals surface area contributed by atoms with Crippen LogP contribution in [0.1, 0.15) is 50.8 Å². The minimum atomic E-state index is 0.544. The van der Waals surface area contributed by atoms with Gasteiger partial charge >= 0.3 is 0 Å². The van der Waals surface area contributed by atoms with E-state index < -0.39 is 0 Å². The van der Waals surface area contributed by atoms with Crippen molar-refractivity contribution in [2.24, 2.45) is 0 Å². The molecule has 0 radical (unpaired) electrons. The normalized spacial score (nSPS) is 26.0. The standard InChI is InChI=1S/C16H25N5/c1-2-17-14-9-15(20-16(19-14)11-3-4-11)18-12-7-8-21(10-12)13-5-6-13/h9,11-13H,2-8,10H2,1H3,(H2,17,18,19,20). The van der Waals surface area contributed by atoms with Gasteiger partial charge in [0.25, 0.3) is 0 Å². The first kappa shape index (κ1) is 13.3. The van der Waals surface area contributed by atoms with Crippen molar-refractivity contribution in [1.82, 2.24) is 14.9 Å². The molecule has 3 fully saturated rings. The third kappa shape index (κ3) is 3.12. The van der Waals surface area contributed by atoms with Crippen molar-refractivity contribution >= 4 is 11.6 Å². The third-order valence-corrected chi connectivity index (χ3v) is 4.68. The number of aromatic nitrogens is 2. The number of hydrogen-bond donors (Lipinski definition) is 2. The molecule has 1 aliphatic heterocycles. The Kier molecular flexibility index (Phi) is 3.45. The minimum absolute atomic E-state index is 0.544. The number of likely N-dealkylation sites (tertiary alicyclic amines) is 1. The molecule has 0 amide bonds. The van der Waals surface area contributed by atoms with E-state index in [4.69, 9.17) is 4.98 Å². The molecule has 21 heavy (non-hydrogen) atoms. The summed E-state index contributed by atoms with van der Waals surface area (Å²) in [6.45, 7) is 5.42. The van der Waals surface area contributed by atoms with Gasteiger partial charge in [-0.25, -0.2) is 9.97 Å². The van der Waals surface area contributed by atoms with E-state index in [1.807, 2.05) is 0 Å². The Labute approximate surface area is 126 Å². The van der Waals surface area contributed by atoms with E-state index in [1.54, 1.807) is 0 Å². The molecule has 1 saturated heterocycles. The summed E-state index contributed by atoms with van der Waals surface area (Å²) in [5.41, 5.74) is 0. The first-order valence-electron chi connectivity index (χ1n) is 8.45. The second kappa shape index (κ2) is 5.44. The summed E-state index contributed by atoms with van der Waals surface area (Å²) in [7, 11) is 0. The molecule has 2 aliphatic carbocycles. The highest BCUT2D eigenvalue weighted by Crippen LogP contribution is 2.39. The molecule has 4 rings (SSSR count). The van der Waals surface area contributed by atoms with Gasteiger partial charge in [0.05, 0.1) is 0 Å². The van der Waals surface area contributed by atoms with Crippen molar-refractivity contribution in [1.29, 1.82) is 0 Å². The zero-order valence-electron chi connectivity index (χ0n) is 12.8. The van der Waals surface area contributed by atoms with Gasteiger partial charge in [0.15, 0.2) is 0 Å². The Morgan fingerprint density at radius 2 is 1.95 bits per heavy atom. The quantitative estimate of drug-likeness (QED) is 0.841. The summed E-state index contributed by atoms with van der Waals surface area (Å²) in [4.78, 5) is 12.0. The van der Waals surface area contributed by atoms with Gasteiger partial charge in [0.1, 0.15) is 17.5 Å². The highest BCUT2D eigenvalue weighted by Gasteiger charge is 2.34. The van der Waals surface area contributed by atoms with Crippen LogP contribution >= 0.6 is 0 Å². The fourth-order valence-electron chi connectivity index (χ4n) is 3.22. The average Bonchev–Trinajstić information content (AvgIpc) is 3.38. The van der Waals surface area contributed by atoms with Crippen LogP contribution in [0, 0.1) is 0 Å². The number of hydrogen-bond acceptors (Lipinski definition) is 5. The lowest BCUT2D eigenvalue weighted by atomic mass is 10.2. The highest BCUT2D eigenvalue weighted by molar-refractivity contribution is 5.49. The summed E-state index contributed by atoms with van der Waals surface area (Å²) < 4.78 is 0. The lowest BCUT2D eigenvalue weighted by Gasteiger charge is -2.17. The van der Waals surface area contributed by atoms with E-state index in [-0.39, 0.29) is 0 Å². The second-order valence-electron chi connectivity index (χ2n) is 6.66. The molecule has 3 aliphatic rings. The fourth-order valence-corrected chi connectivity index (χ4v) is 3.22. The summed E-state index contributed by atoms with van der Waals surface area (Å²) >= 11 is 0. The predicted octanol–water partition coefficient (Wildman–Crippen LogP) is 2.43. The highest BCUT2D eigenvalue weighted by atomic mass is 15.2. The molecule has 1 unspecified atom stereocenters. The van der Waals surface area contributed by atoms with Crippen molar-refractivity contribution < 1.29 is 0 Å². The van der Waals surface area contributed by atoms with Crippen LogP contribution in [0.4, 0.5) is 11.6 Å². The van der Waals surface area contributed by atoms with Gasteiger partial charge in [0.2, 0.25) is 0 Å². The van der Waals surface area contributed by atoms with Crippen molar-refractivity contribution in [2.75, 3.05) is 30.3 Å². The molecule has 1 aromatic rings. The second-order valence-corrected chi connectivity index (χ2v) is 6.66. The molecule has 1 atom stereocenters. The molecule has 5 heteroatoms. The van der Waals surface area contributed by atoms with Gasteiger partial charge in [-0.15, -0.1) is 0 Å². The smallest absolute Gasteiger partial charge is 0.136 e. The van der Waals surface area contributed by atoms with Crippen LogP contribution in [0.5, 0.6) is 0 Å². The van der Waals surface area contributed by atoms with Gasteiger partial charge < -0.3 is 10.6 Å². The Hall–Kier alpha value is -1.36. The maximum atomic E-state index is 4.75. The average molecular weight is 287 g/mol. The van der Waals surface area contributed by atoms with Crippen molar-refractivity contribution in [3.05, 3.63) is 11.9 Å². The van der Waals surface area contributed by atoms with Crippen LogP contribution < -0.4 is 10.6 Å². The van der Waals surface area contributed by atoms with Gasteiger partial charge in [-0.2, -0.15) is 0 Å². The molecule has 0 aromatic carbocycles. The monoisotopic (exact) mass is 287 g/mol. The van der Waals surface area contributed by atoms with E-state index in [0.717, 1.165) is 30.0 Å². The predicted molar refractivity (Wildman–Crippen MR) is 84.8 cm³/mol. The SMILES string of the molecule is CCNc1cc(NC2CCN(C3CC3)C2)nc(C2CC2)n1. The van der Waals surface area contributed by atoms with Crippen LogP contribution in [0.15, 0.2) is 6.07 Å². The van der Waals surface area contributed by atoms with Crippen LogP contribution in [-0.4, -0.2) is 46.6 Å². The molecular formula is C16H25N5. The molecule has 2 saturated carbocycles. The molecule has 114 valence electrons. The Morgan fingerprint density at radius 3 is 2.67 bits per heavy atom. The molecule has 1 aromatic heterocycles. The van der Waals surface area contributed by atoms with Crippen molar-refractivity contribution in [3.8, 4) is 0 Å². The first-order valence-corrected chi connectivity index (χ1v) is 8.45. The number of rotatable bonds is 6. The lowest BCUT2D eigenvalue weighted by molar-refractivity contribution is 0.326. The van der Waals surface area contributed by atoms with Crippen LogP contribution in [0.2, 0.25) is 0 Å². The summed E-state index contributed by atoms with van der Waals surface area (Å²) in [6, 6.07) is 3.48. The molecule has 2 N–H and O–H groups in total. The largest absolute Gasteiger partial charge is 0.370 e. The summed E-state index contributed by atoms with van der Waals surface area (Å²) in [5, 5.41) is 6.97. The maximum Gasteiger partial charge on any atom is 0.136 e. The lowest BCUT2D eigenvalue weighted by Crippen LogP contribution is -2.28. The summed E-state index contributed by atoms with van der Waals surface area (Å²) in [6.07, 6.45) is 6.52. The number of nitrogens with one attached hydrogen (secondary N) is 2. The van der Waals surface area contributed by atoms with Crippen LogP contribution in [0.3, 0.4) is 0 Å². The van der Waals surface area contributed by atoms with E-state index in [9.17, 15) is 0 Å². The Bertz CT molecular complexity index is 509. The van der Waals surface area contributed by atoms with E-state index in [2.05, 4.69) is 33.5 Å². The van der Waals surface area contributed by atoms with Crippen LogP contribution in [-0.2, 0) is 0 Å². The summed E-state index contributed by atoms with van der Waals surface area (Å²) in [5.74, 6) is 3.59. The van der Waals surface area contributed by atoms with E-state index in [0.29, 0.717) is 12.0 Å². The minimum Gasteiger partial charge on any atom is -0.370 e. The zero-order valence-corrected chi connectivity index (χ0v) is 12.8. The molecule has 2 heterocycles. The van der Waals surface area contributed by atoms with Gasteiger partial charge in [-0.1, -0.05) is 0 Å². The van der Waals surface area contributed by atoms with Crippen molar-refractivity contribution in [3.63, 3.8) is 0 Å². The first-order chi connectivity index (χ1) is 10.3. The number of nitrogens with zero attached hydrogens (tertiary/aromatic N) is 3. The zero-order chi connectivity index (χ0) is 14.2. The molecule has 0 bridgehead atoms. The third-order valence-electron chi connectivity index (χ3n) is 4.68. The van der Waals surface area contributed by atoms with E-state index in [1.165, 1.54) is 45.2 Å². The number of anilines is 2. The van der Waals surface area contributed by atoms with Gasteiger partial charge in [-0.05, 0) is 39.0 Å². The molecule has 5 nitrogen and oxygen atoms in total. The van der Waals surface area contributed by atoms with Crippen molar-refractivity contribution in [2.45, 2.75) is 57.0 Å². The molecular weight excluding hydrogens is 262 g/mol. The Balaban J connectivity index is 1.45. The topological polar surface area (TPSA) is 53.1 Å². The maximum absolute atomic E-state index is 4.75. The fraction of sp³-hybridized carbons (Fsp3) is 0.750. The van der Waals surface area contributed by atoms with E-state index >= 15 is 0 Å². The van der Waals surface area contributed by atoms with Gasteiger partial charge in [0, 0.05) is 43.7 Å². The van der Waals surface area contributed by atoms with Gasteiger partial charge in [-0.3, -0.25) is 4.90 Å². The Morgan fingerprint density at radius 1 is 1.14 bits per heavy atom.